The van der Waals surface area contributed by atoms with E-state index in [2.05, 4.69) is 12.2 Å². The molecule has 0 heterocycles. The van der Waals surface area contributed by atoms with Gasteiger partial charge in [-0.25, -0.2) is 0 Å². The van der Waals surface area contributed by atoms with Crippen molar-refractivity contribution < 1.29 is 4.79 Å². The summed E-state index contributed by atoms with van der Waals surface area (Å²) >= 11 is 5.87. The third-order valence-corrected chi connectivity index (χ3v) is 2.62. The second kappa shape index (κ2) is 7.29. The third kappa shape index (κ3) is 5.17. The summed E-state index contributed by atoms with van der Waals surface area (Å²) < 4.78 is 0. The maximum atomic E-state index is 11.3. The van der Waals surface area contributed by atoms with Crippen molar-refractivity contribution in [3.8, 4) is 0 Å². The van der Waals surface area contributed by atoms with Crippen LogP contribution in [0.25, 0.3) is 0 Å². The summed E-state index contributed by atoms with van der Waals surface area (Å²) in [6.07, 6.45) is 3.48. The van der Waals surface area contributed by atoms with Gasteiger partial charge in [0, 0.05) is 18.0 Å². The van der Waals surface area contributed by atoms with E-state index in [4.69, 9.17) is 11.6 Å². The molecule has 1 aromatic carbocycles. The molecule has 0 aromatic heterocycles. The minimum Gasteiger partial charge on any atom is -0.356 e. The van der Waals surface area contributed by atoms with E-state index >= 15 is 0 Å². The van der Waals surface area contributed by atoms with Crippen molar-refractivity contribution in [1.82, 2.24) is 5.32 Å². The van der Waals surface area contributed by atoms with Gasteiger partial charge in [0.15, 0.2) is 0 Å². The minimum atomic E-state index is 0.142. The minimum absolute atomic E-state index is 0.142. The molecule has 0 unspecified atom stereocenters. The van der Waals surface area contributed by atoms with Crippen LogP contribution in [0, 0.1) is 0 Å². The van der Waals surface area contributed by atoms with Crippen molar-refractivity contribution in [3.63, 3.8) is 0 Å². The first-order chi connectivity index (χ1) is 7.72. The Labute approximate surface area is 102 Å². The van der Waals surface area contributed by atoms with Crippen LogP contribution in [0.2, 0.25) is 5.02 Å². The first kappa shape index (κ1) is 13.0. The van der Waals surface area contributed by atoms with Crippen molar-refractivity contribution in [1.29, 1.82) is 0 Å². The summed E-state index contributed by atoms with van der Waals surface area (Å²) in [5.41, 5.74) is 1.16. The van der Waals surface area contributed by atoms with Gasteiger partial charge >= 0.3 is 0 Å². The predicted molar refractivity (Wildman–Crippen MR) is 67.7 cm³/mol. The zero-order valence-electron chi connectivity index (χ0n) is 9.63. The molecule has 0 bridgehead atoms. The van der Waals surface area contributed by atoms with Crippen LogP contribution in [0.15, 0.2) is 24.3 Å². The number of unbranched alkanes of at least 4 members (excludes halogenated alkanes) is 1. The summed E-state index contributed by atoms with van der Waals surface area (Å²) in [6, 6.07) is 7.73. The van der Waals surface area contributed by atoms with E-state index in [9.17, 15) is 4.79 Å². The topological polar surface area (TPSA) is 29.1 Å². The lowest BCUT2D eigenvalue weighted by Crippen LogP contribution is -2.25. The molecule has 0 atom stereocenters. The van der Waals surface area contributed by atoms with Crippen molar-refractivity contribution in [2.45, 2.75) is 32.6 Å². The molecule has 0 spiro atoms. The van der Waals surface area contributed by atoms with E-state index in [1.54, 1.807) is 0 Å². The van der Waals surface area contributed by atoms with Crippen LogP contribution in [0.1, 0.15) is 31.7 Å². The molecule has 3 heteroatoms. The molecule has 0 aliphatic rings. The Hall–Kier alpha value is -1.02. The van der Waals surface area contributed by atoms with Crippen molar-refractivity contribution in [2.75, 3.05) is 6.54 Å². The average molecular weight is 240 g/mol. The van der Waals surface area contributed by atoms with Crippen LogP contribution in [-0.2, 0) is 11.2 Å². The molecule has 1 rings (SSSR count). The van der Waals surface area contributed by atoms with Gasteiger partial charge in [-0.15, -0.1) is 0 Å². The number of halogens is 1. The van der Waals surface area contributed by atoms with Crippen LogP contribution in [0.4, 0.5) is 0 Å². The third-order valence-electron chi connectivity index (χ3n) is 2.38. The largest absolute Gasteiger partial charge is 0.356 e. The van der Waals surface area contributed by atoms with Gasteiger partial charge in [-0.3, -0.25) is 4.79 Å². The predicted octanol–water partition coefficient (Wildman–Crippen LogP) is 3.19. The molecule has 0 fully saturated rings. The van der Waals surface area contributed by atoms with E-state index in [-0.39, 0.29) is 5.91 Å². The quantitative estimate of drug-likeness (QED) is 0.812. The smallest absolute Gasteiger partial charge is 0.220 e. The summed E-state index contributed by atoms with van der Waals surface area (Å²) in [5.74, 6) is 0.142. The molecular weight excluding hydrogens is 222 g/mol. The van der Waals surface area contributed by atoms with Gasteiger partial charge in [-0.05, 0) is 30.5 Å². The first-order valence-electron chi connectivity index (χ1n) is 5.73. The standard InChI is InChI=1S/C13H18ClNO/c1-2-3-7-13(16)15-9-8-11-5-4-6-12(14)10-11/h4-6,10H,2-3,7-9H2,1H3,(H,15,16). The van der Waals surface area contributed by atoms with Gasteiger partial charge in [-0.1, -0.05) is 37.1 Å². The number of carbonyl (C=O) groups is 1. The monoisotopic (exact) mass is 239 g/mol. The Morgan fingerprint density at radius 3 is 2.94 bits per heavy atom. The van der Waals surface area contributed by atoms with Gasteiger partial charge in [0.25, 0.3) is 0 Å². The molecule has 1 N–H and O–H groups in total. The highest BCUT2D eigenvalue weighted by Gasteiger charge is 1.99. The van der Waals surface area contributed by atoms with Gasteiger partial charge in [0.2, 0.25) is 5.91 Å². The van der Waals surface area contributed by atoms with Crippen molar-refractivity contribution in [2.24, 2.45) is 0 Å². The molecular formula is C13H18ClNO. The van der Waals surface area contributed by atoms with Crippen LogP contribution in [0.5, 0.6) is 0 Å². The van der Waals surface area contributed by atoms with Crippen molar-refractivity contribution in [3.05, 3.63) is 34.9 Å². The maximum absolute atomic E-state index is 11.3. The fraction of sp³-hybridized carbons (Fsp3) is 0.462. The lowest BCUT2D eigenvalue weighted by Gasteiger charge is -2.05. The number of hydrogen-bond acceptors (Lipinski definition) is 1. The summed E-state index contributed by atoms with van der Waals surface area (Å²) in [7, 11) is 0. The van der Waals surface area contributed by atoms with Crippen LogP contribution in [0.3, 0.4) is 0 Å². The van der Waals surface area contributed by atoms with Gasteiger partial charge in [-0.2, -0.15) is 0 Å². The number of benzene rings is 1. The van der Waals surface area contributed by atoms with Crippen LogP contribution in [-0.4, -0.2) is 12.5 Å². The number of carbonyl (C=O) groups excluding carboxylic acids is 1. The molecule has 2 nitrogen and oxygen atoms in total. The SMILES string of the molecule is CCCCC(=O)NCCc1cccc(Cl)c1. The van der Waals surface area contributed by atoms with Gasteiger partial charge in [0.1, 0.15) is 0 Å². The highest BCUT2D eigenvalue weighted by atomic mass is 35.5. The fourth-order valence-corrected chi connectivity index (χ4v) is 1.68. The normalized spacial score (nSPS) is 10.1. The van der Waals surface area contributed by atoms with Gasteiger partial charge in [0.05, 0.1) is 0 Å². The zero-order valence-corrected chi connectivity index (χ0v) is 10.4. The Bertz CT molecular complexity index is 338. The lowest BCUT2D eigenvalue weighted by molar-refractivity contribution is -0.121. The molecule has 0 saturated heterocycles. The second-order valence-corrected chi connectivity index (χ2v) is 4.27. The van der Waals surface area contributed by atoms with E-state index in [1.807, 2.05) is 24.3 Å². The van der Waals surface area contributed by atoms with E-state index in [0.717, 1.165) is 29.8 Å². The molecule has 1 amide bonds. The Morgan fingerprint density at radius 1 is 1.44 bits per heavy atom. The van der Waals surface area contributed by atoms with Crippen LogP contribution >= 0.6 is 11.6 Å². The highest BCUT2D eigenvalue weighted by molar-refractivity contribution is 6.30. The van der Waals surface area contributed by atoms with E-state index in [0.29, 0.717) is 13.0 Å². The first-order valence-corrected chi connectivity index (χ1v) is 6.11. The Kier molecular flexibility index (Phi) is 5.94. The zero-order chi connectivity index (χ0) is 11.8. The van der Waals surface area contributed by atoms with Crippen LogP contribution < -0.4 is 5.32 Å². The molecule has 1 aromatic rings. The molecule has 0 radical (unpaired) electrons. The number of hydrogen-bond donors (Lipinski definition) is 1. The molecule has 0 aliphatic carbocycles. The highest BCUT2D eigenvalue weighted by Crippen LogP contribution is 2.10. The van der Waals surface area contributed by atoms with E-state index < -0.39 is 0 Å². The number of amides is 1. The molecule has 88 valence electrons. The van der Waals surface area contributed by atoms with E-state index in [1.165, 1.54) is 0 Å². The number of nitrogens with one attached hydrogen (secondary N) is 1. The molecule has 16 heavy (non-hydrogen) atoms. The maximum Gasteiger partial charge on any atom is 0.220 e. The Morgan fingerprint density at radius 2 is 2.25 bits per heavy atom. The summed E-state index contributed by atoms with van der Waals surface area (Å²) in [4.78, 5) is 11.3. The summed E-state index contributed by atoms with van der Waals surface area (Å²) in [6.45, 7) is 2.77. The van der Waals surface area contributed by atoms with Crippen molar-refractivity contribution >= 4 is 17.5 Å². The lowest BCUT2D eigenvalue weighted by atomic mass is 10.1. The fourth-order valence-electron chi connectivity index (χ4n) is 1.46. The summed E-state index contributed by atoms with van der Waals surface area (Å²) in [5, 5.41) is 3.65. The molecule has 0 saturated carbocycles. The molecule has 0 aliphatic heterocycles. The second-order valence-electron chi connectivity index (χ2n) is 3.83. The Balaban J connectivity index is 2.22. The van der Waals surface area contributed by atoms with Gasteiger partial charge < -0.3 is 5.32 Å². The average Bonchev–Trinajstić information content (AvgIpc) is 2.26. The number of rotatable bonds is 6.